The minimum absolute atomic E-state index is 0. The van der Waals surface area contributed by atoms with Crippen molar-refractivity contribution in [3.63, 3.8) is 0 Å². The zero-order valence-corrected chi connectivity index (χ0v) is 12.5. The van der Waals surface area contributed by atoms with Crippen molar-refractivity contribution in [2.45, 2.75) is 32.0 Å². The van der Waals surface area contributed by atoms with Gasteiger partial charge in [-0.15, -0.1) is 12.4 Å². The number of β-amino-alcohol motifs (C(OH)–C–C–N with tert-alkyl or cyclic N) is 1. The van der Waals surface area contributed by atoms with Gasteiger partial charge >= 0.3 is 0 Å². The van der Waals surface area contributed by atoms with Gasteiger partial charge in [0.1, 0.15) is 5.75 Å². The van der Waals surface area contributed by atoms with Crippen LogP contribution in [0.1, 0.15) is 17.5 Å². The molecule has 20 heavy (non-hydrogen) atoms. The number of benzene rings is 1. The maximum absolute atomic E-state index is 11.9. The number of aryl methyl sites for hydroxylation is 1. The van der Waals surface area contributed by atoms with Crippen LogP contribution in [0.25, 0.3) is 0 Å². The molecule has 3 N–H and O–H groups in total. The van der Waals surface area contributed by atoms with Crippen LogP contribution in [0.5, 0.6) is 5.75 Å². The fourth-order valence-corrected chi connectivity index (χ4v) is 2.22. The molecule has 1 fully saturated rings. The van der Waals surface area contributed by atoms with Gasteiger partial charge in [0, 0.05) is 18.7 Å². The molecule has 0 spiro atoms. The SMILES string of the molecule is COc1cc(C)ccc1CNC(=O)C1CC(O)CN1.Cl. The molecule has 1 heterocycles. The number of carbonyl (C=O) groups is 1. The van der Waals surface area contributed by atoms with Crippen LogP contribution in [0.2, 0.25) is 0 Å². The summed E-state index contributed by atoms with van der Waals surface area (Å²) < 4.78 is 5.29. The summed E-state index contributed by atoms with van der Waals surface area (Å²) in [6, 6.07) is 5.58. The fraction of sp³-hybridized carbons (Fsp3) is 0.500. The van der Waals surface area contributed by atoms with E-state index in [-0.39, 0.29) is 24.4 Å². The first kappa shape index (κ1) is 16.8. The smallest absolute Gasteiger partial charge is 0.237 e. The highest BCUT2D eigenvalue weighted by Crippen LogP contribution is 2.19. The Morgan fingerprint density at radius 2 is 2.30 bits per heavy atom. The highest BCUT2D eigenvalue weighted by molar-refractivity contribution is 5.85. The van der Waals surface area contributed by atoms with Gasteiger partial charge in [-0.3, -0.25) is 4.79 Å². The van der Waals surface area contributed by atoms with Crippen LogP contribution in [0.4, 0.5) is 0 Å². The standard InChI is InChI=1S/C14H20N2O3.ClH/c1-9-3-4-10(13(5-9)19-2)7-16-14(18)12-6-11(17)8-15-12;/h3-5,11-12,15,17H,6-8H2,1-2H3,(H,16,18);1H. The van der Waals surface area contributed by atoms with Crippen LogP contribution in [0.3, 0.4) is 0 Å². The molecule has 2 atom stereocenters. The normalized spacial score (nSPS) is 21.1. The Bertz CT molecular complexity index is 468. The summed E-state index contributed by atoms with van der Waals surface area (Å²) in [5, 5.41) is 15.2. The highest BCUT2D eigenvalue weighted by atomic mass is 35.5. The Hall–Kier alpha value is -1.30. The molecule has 0 aromatic heterocycles. The lowest BCUT2D eigenvalue weighted by Gasteiger charge is -2.13. The first-order chi connectivity index (χ1) is 9.10. The zero-order valence-electron chi connectivity index (χ0n) is 11.7. The van der Waals surface area contributed by atoms with Crippen molar-refractivity contribution in [2.24, 2.45) is 0 Å². The molecule has 1 aromatic rings. The van der Waals surface area contributed by atoms with Gasteiger partial charge < -0.3 is 20.5 Å². The van der Waals surface area contributed by atoms with Crippen molar-refractivity contribution >= 4 is 18.3 Å². The number of amides is 1. The van der Waals surface area contributed by atoms with Gasteiger partial charge in [-0.2, -0.15) is 0 Å². The topological polar surface area (TPSA) is 70.6 Å². The lowest BCUT2D eigenvalue weighted by atomic mass is 10.1. The average molecular weight is 301 g/mol. The summed E-state index contributed by atoms with van der Waals surface area (Å²) in [5.74, 6) is 0.693. The Labute approximate surface area is 125 Å². The van der Waals surface area contributed by atoms with Crippen LogP contribution in [0, 0.1) is 6.92 Å². The Balaban J connectivity index is 0.00000200. The third-order valence-electron chi connectivity index (χ3n) is 3.32. The van der Waals surface area contributed by atoms with E-state index in [2.05, 4.69) is 10.6 Å². The predicted octanol–water partition coefficient (Wildman–Crippen LogP) is 0.764. The summed E-state index contributed by atoms with van der Waals surface area (Å²) in [4.78, 5) is 11.9. The lowest BCUT2D eigenvalue weighted by Crippen LogP contribution is -2.40. The Kier molecular flexibility index (Phi) is 6.26. The Morgan fingerprint density at radius 3 is 2.90 bits per heavy atom. The van der Waals surface area contributed by atoms with E-state index in [1.165, 1.54) is 0 Å². The van der Waals surface area contributed by atoms with Crippen LogP contribution < -0.4 is 15.4 Å². The summed E-state index contributed by atoms with van der Waals surface area (Å²) in [7, 11) is 1.62. The number of methoxy groups -OCH3 is 1. The van der Waals surface area contributed by atoms with E-state index < -0.39 is 6.10 Å². The van der Waals surface area contributed by atoms with Gasteiger partial charge in [0.2, 0.25) is 5.91 Å². The van der Waals surface area contributed by atoms with Gasteiger partial charge in [-0.05, 0) is 25.0 Å². The van der Waals surface area contributed by atoms with E-state index >= 15 is 0 Å². The summed E-state index contributed by atoms with van der Waals surface area (Å²) in [6.45, 7) is 2.90. The maximum atomic E-state index is 11.9. The molecule has 6 heteroatoms. The molecule has 1 amide bonds. The van der Waals surface area contributed by atoms with Crippen molar-refractivity contribution in [2.75, 3.05) is 13.7 Å². The molecule has 0 bridgehead atoms. The second-order valence-corrected chi connectivity index (χ2v) is 4.88. The molecule has 2 unspecified atom stereocenters. The fourth-order valence-electron chi connectivity index (χ4n) is 2.22. The number of halogens is 1. The van der Waals surface area contributed by atoms with Crippen LogP contribution in [-0.4, -0.2) is 36.8 Å². The van der Waals surface area contributed by atoms with Crippen molar-refractivity contribution in [1.29, 1.82) is 0 Å². The molecule has 0 aliphatic carbocycles. The molecule has 2 rings (SSSR count). The number of nitrogens with one attached hydrogen (secondary N) is 2. The van der Waals surface area contributed by atoms with E-state index in [0.717, 1.165) is 16.9 Å². The number of aliphatic hydroxyl groups excluding tert-OH is 1. The number of rotatable bonds is 4. The molecular weight excluding hydrogens is 280 g/mol. The molecule has 0 radical (unpaired) electrons. The molecule has 5 nitrogen and oxygen atoms in total. The van der Waals surface area contributed by atoms with Crippen LogP contribution in [0.15, 0.2) is 18.2 Å². The summed E-state index contributed by atoms with van der Waals surface area (Å²) >= 11 is 0. The third-order valence-corrected chi connectivity index (χ3v) is 3.32. The molecular formula is C14H21ClN2O3. The van der Waals surface area contributed by atoms with Gasteiger partial charge in [-0.1, -0.05) is 12.1 Å². The average Bonchev–Trinajstić information content (AvgIpc) is 2.83. The highest BCUT2D eigenvalue weighted by Gasteiger charge is 2.27. The monoisotopic (exact) mass is 300 g/mol. The van der Waals surface area contributed by atoms with E-state index in [4.69, 9.17) is 4.74 Å². The summed E-state index contributed by atoms with van der Waals surface area (Å²) in [6.07, 6.45) is 0.0429. The zero-order chi connectivity index (χ0) is 13.8. The van der Waals surface area contributed by atoms with Crippen molar-refractivity contribution < 1.29 is 14.6 Å². The molecule has 1 saturated heterocycles. The minimum atomic E-state index is -0.426. The minimum Gasteiger partial charge on any atom is -0.496 e. The van der Waals surface area contributed by atoms with E-state index in [9.17, 15) is 9.90 Å². The predicted molar refractivity (Wildman–Crippen MR) is 79.2 cm³/mol. The third kappa shape index (κ3) is 4.10. The number of aliphatic hydroxyl groups is 1. The number of hydrogen-bond acceptors (Lipinski definition) is 4. The number of ether oxygens (including phenoxy) is 1. The van der Waals surface area contributed by atoms with Crippen molar-refractivity contribution in [1.82, 2.24) is 10.6 Å². The molecule has 0 saturated carbocycles. The van der Waals surface area contributed by atoms with Crippen LogP contribution >= 0.6 is 12.4 Å². The molecule has 1 aliphatic rings. The second-order valence-electron chi connectivity index (χ2n) is 4.88. The van der Waals surface area contributed by atoms with Gasteiger partial charge in [0.05, 0.1) is 19.3 Å². The number of carbonyl (C=O) groups excluding carboxylic acids is 1. The lowest BCUT2D eigenvalue weighted by molar-refractivity contribution is -0.123. The van der Waals surface area contributed by atoms with Gasteiger partial charge in [0.25, 0.3) is 0 Å². The quantitative estimate of drug-likeness (QED) is 0.768. The van der Waals surface area contributed by atoms with Gasteiger partial charge in [0.15, 0.2) is 0 Å². The largest absolute Gasteiger partial charge is 0.496 e. The first-order valence-corrected chi connectivity index (χ1v) is 6.43. The Morgan fingerprint density at radius 1 is 1.55 bits per heavy atom. The van der Waals surface area contributed by atoms with E-state index in [0.29, 0.717) is 19.5 Å². The molecule has 112 valence electrons. The summed E-state index contributed by atoms with van der Waals surface area (Å²) in [5.41, 5.74) is 2.06. The van der Waals surface area contributed by atoms with Crippen molar-refractivity contribution in [3.8, 4) is 5.75 Å². The van der Waals surface area contributed by atoms with E-state index in [1.54, 1.807) is 7.11 Å². The van der Waals surface area contributed by atoms with Gasteiger partial charge in [-0.25, -0.2) is 0 Å². The molecule has 1 aliphatic heterocycles. The number of hydrogen-bond donors (Lipinski definition) is 3. The van der Waals surface area contributed by atoms with E-state index in [1.807, 2.05) is 25.1 Å². The molecule has 1 aromatic carbocycles. The van der Waals surface area contributed by atoms with Crippen molar-refractivity contribution in [3.05, 3.63) is 29.3 Å². The van der Waals surface area contributed by atoms with Crippen LogP contribution in [-0.2, 0) is 11.3 Å². The second kappa shape index (κ2) is 7.47. The first-order valence-electron chi connectivity index (χ1n) is 6.43. The maximum Gasteiger partial charge on any atom is 0.237 e.